The van der Waals surface area contributed by atoms with Gasteiger partial charge in [-0.1, -0.05) is 26.3 Å². The van der Waals surface area contributed by atoms with Crippen molar-refractivity contribution in [2.75, 3.05) is 6.61 Å². The topological polar surface area (TPSA) is 35.2 Å². The van der Waals surface area contributed by atoms with Crippen molar-refractivity contribution in [3.05, 3.63) is 29.3 Å². The lowest BCUT2D eigenvalue weighted by Crippen LogP contribution is -2.17. The highest BCUT2D eigenvalue weighted by Gasteiger charge is 2.17. The average molecular weight is 233 g/mol. The van der Waals surface area contributed by atoms with Crippen LogP contribution < -0.4 is 10.5 Å². The summed E-state index contributed by atoms with van der Waals surface area (Å²) in [6.07, 6.45) is 4.61. The highest BCUT2D eigenvalue weighted by molar-refractivity contribution is 5.38. The largest absolute Gasteiger partial charge is 0.493 e. The molecule has 1 aliphatic carbocycles. The number of rotatable bonds is 4. The second-order valence-corrected chi connectivity index (χ2v) is 5.18. The molecule has 0 aromatic heterocycles. The zero-order chi connectivity index (χ0) is 12.3. The highest BCUT2D eigenvalue weighted by Crippen LogP contribution is 2.30. The normalized spacial score (nSPS) is 20.8. The first-order valence-corrected chi connectivity index (χ1v) is 6.72. The Labute approximate surface area is 104 Å². The molecule has 94 valence electrons. The first kappa shape index (κ1) is 12.4. The molecule has 0 fully saturated rings. The number of nitrogens with two attached hydrogens (primary N) is 1. The van der Waals surface area contributed by atoms with Crippen LogP contribution in [-0.2, 0) is 6.42 Å². The van der Waals surface area contributed by atoms with Crippen LogP contribution in [0.1, 0.15) is 50.3 Å². The third kappa shape index (κ3) is 3.01. The lowest BCUT2D eigenvalue weighted by atomic mass is 9.88. The van der Waals surface area contributed by atoms with Gasteiger partial charge in [-0.2, -0.15) is 0 Å². The summed E-state index contributed by atoms with van der Waals surface area (Å²) in [6.45, 7) is 5.22. The van der Waals surface area contributed by atoms with Gasteiger partial charge in [-0.05, 0) is 48.4 Å². The maximum atomic E-state index is 6.10. The molecule has 2 unspecified atom stereocenters. The second kappa shape index (κ2) is 5.54. The van der Waals surface area contributed by atoms with Crippen LogP contribution in [0.5, 0.6) is 5.75 Å². The van der Waals surface area contributed by atoms with Crippen LogP contribution >= 0.6 is 0 Å². The molecule has 0 saturated carbocycles. The number of benzene rings is 1. The van der Waals surface area contributed by atoms with E-state index in [0.29, 0.717) is 5.92 Å². The molecule has 2 nitrogen and oxygen atoms in total. The van der Waals surface area contributed by atoms with Gasteiger partial charge in [0.2, 0.25) is 0 Å². The van der Waals surface area contributed by atoms with Crippen LogP contribution in [0, 0.1) is 5.92 Å². The van der Waals surface area contributed by atoms with Gasteiger partial charge >= 0.3 is 0 Å². The predicted molar refractivity (Wildman–Crippen MR) is 71.3 cm³/mol. The van der Waals surface area contributed by atoms with Crippen molar-refractivity contribution in [2.45, 2.75) is 45.6 Å². The Bertz CT molecular complexity index is 375. The minimum Gasteiger partial charge on any atom is -0.493 e. The van der Waals surface area contributed by atoms with E-state index in [1.165, 1.54) is 17.5 Å². The molecule has 0 saturated heterocycles. The van der Waals surface area contributed by atoms with Gasteiger partial charge in [-0.15, -0.1) is 0 Å². The number of fused-ring (bicyclic) bond motifs is 1. The summed E-state index contributed by atoms with van der Waals surface area (Å²) in [5, 5.41) is 0. The Hall–Kier alpha value is -1.02. The van der Waals surface area contributed by atoms with Gasteiger partial charge < -0.3 is 10.5 Å². The molecule has 2 heteroatoms. The molecule has 0 aliphatic heterocycles. The van der Waals surface area contributed by atoms with E-state index >= 15 is 0 Å². The van der Waals surface area contributed by atoms with Crippen LogP contribution in [0.15, 0.2) is 18.2 Å². The molecule has 17 heavy (non-hydrogen) atoms. The summed E-state index contributed by atoms with van der Waals surface area (Å²) >= 11 is 0. The average Bonchev–Trinajstić information content (AvgIpc) is 2.36. The number of ether oxygens (including phenoxy) is 1. The summed E-state index contributed by atoms with van der Waals surface area (Å²) < 4.78 is 5.82. The van der Waals surface area contributed by atoms with E-state index in [1.807, 2.05) is 0 Å². The number of hydrogen-bond acceptors (Lipinski definition) is 2. The van der Waals surface area contributed by atoms with E-state index in [2.05, 4.69) is 32.0 Å². The van der Waals surface area contributed by atoms with Crippen LogP contribution in [0.4, 0.5) is 0 Å². The van der Waals surface area contributed by atoms with Crippen molar-refractivity contribution < 1.29 is 4.74 Å². The zero-order valence-corrected chi connectivity index (χ0v) is 10.9. The molecule has 0 heterocycles. The van der Waals surface area contributed by atoms with E-state index in [4.69, 9.17) is 10.5 Å². The Balaban J connectivity index is 2.05. The van der Waals surface area contributed by atoms with Crippen LogP contribution in [0.2, 0.25) is 0 Å². The number of hydrogen-bond donors (Lipinski definition) is 1. The van der Waals surface area contributed by atoms with Crippen molar-refractivity contribution in [2.24, 2.45) is 11.7 Å². The summed E-state index contributed by atoms with van der Waals surface area (Å²) in [6, 6.07) is 6.61. The first-order chi connectivity index (χ1) is 8.20. The van der Waals surface area contributed by atoms with E-state index in [9.17, 15) is 0 Å². The fraction of sp³-hybridized carbons (Fsp3) is 0.600. The molecule has 0 spiro atoms. The molecule has 0 bridgehead atoms. The standard InChI is InChI=1S/C15H23NO/c1-3-11(2)10-17-13-7-8-14-12(9-13)5-4-6-15(14)16/h7-9,11,15H,3-6,10,16H2,1-2H3. The maximum absolute atomic E-state index is 6.10. The second-order valence-electron chi connectivity index (χ2n) is 5.18. The summed E-state index contributed by atoms with van der Waals surface area (Å²) in [4.78, 5) is 0. The molecule has 1 aromatic rings. The van der Waals surface area contributed by atoms with Gasteiger partial charge in [0.05, 0.1) is 6.61 Å². The Morgan fingerprint density at radius 2 is 2.29 bits per heavy atom. The van der Waals surface area contributed by atoms with Gasteiger partial charge in [0.25, 0.3) is 0 Å². The van der Waals surface area contributed by atoms with Crippen LogP contribution in [0.3, 0.4) is 0 Å². The molecule has 0 amide bonds. The van der Waals surface area contributed by atoms with Gasteiger partial charge in [0, 0.05) is 6.04 Å². The third-order valence-electron chi connectivity index (χ3n) is 3.71. The molecule has 2 rings (SSSR count). The lowest BCUT2D eigenvalue weighted by Gasteiger charge is -2.23. The quantitative estimate of drug-likeness (QED) is 0.864. The molecule has 1 aromatic carbocycles. The number of aryl methyl sites for hydroxylation is 1. The minimum atomic E-state index is 0.224. The van der Waals surface area contributed by atoms with Gasteiger partial charge in [0.15, 0.2) is 0 Å². The van der Waals surface area contributed by atoms with Crippen molar-refractivity contribution in [3.63, 3.8) is 0 Å². The maximum Gasteiger partial charge on any atom is 0.119 e. The molecular formula is C15H23NO. The Morgan fingerprint density at radius 3 is 3.06 bits per heavy atom. The van der Waals surface area contributed by atoms with E-state index in [0.717, 1.165) is 31.6 Å². The molecule has 2 N–H and O–H groups in total. The van der Waals surface area contributed by atoms with Crippen molar-refractivity contribution >= 4 is 0 Å². The monoisotopic (exact) mass is 233 g/mol. The van der Waals surface area contributed by atoms with E-state index in [-0.39, 0.29) is 6.04 Å². The molecular weight excluding hydrogens is 210 g/mol. The van der Waals surface area contributed by atoms with Crippen molar-refractivity contribution in [3.8, 4) is 5.75 Å². The zero-order valence-electron chi connectivity index (χ0n) is 10.9. The van der Waals surface area contributed by atoms with E-state index in [1.54, 1.807) is 0 Å². The van der Waals surface area contributed by atoms with Crippen molar-refractivity contribution in [1.82, 2.24) is 0 Å². The van der Waals surface area contributed by atoms with Gasteiger partial charge in [-0.3, -0.25) is 0 Å². The highest BCUT2D eigenvalue weighted by atomic mass is 16.5. The Kier molecular flexibility index (Phi) is 4.06. The Morgan fingerprint density at radius 1 is 1.47 bits per heavy atom. The van der Waals surface area contributed by atoms with Crippen LogP contribution in [0.25, 0.3) is 0 Å². The van der Waals surface area contributed by atoms with Gasteiger partial charge in [0.1, 0.15) is 5.75 Å². The summed E-state index contributed by atoms with van der Waals surface area (Å²) in [7, 11) is 0. The molecule has 1 aliphatic rings. The summed E-state index contributed by atoms with van der Waals surface area (Å²) in [5.74, 6) is 1.62. The fourth-order valence-corrected chi connectivity index (χ4v) is 2.27. The third-order valence-corrected chi connectivity index (χ3v) is 3.71. The van der Waals surface area contributed by atoms with E-state index < -0.39 is 0 Å². The van der Waals surface area contributed by atoms with Crippen molar-refractivity contribution in [1.29, 1.82) is 0 Å². The molecule has 2 atom stereocenters. The lowest BCUT2D eigenvalue weighted by molar-refractivity contribution is 0.256. The fourth-order valence-electron chi connectivity index (χ4n) is 2.27. The SMILES string of the molecule is CCC(C)COc1ccc2c(c1)CCCC2N. The molecule has 0 radical (unpaired) electrons. The first-order valence-electron chi connectivity index (χ1n) is 6.72. The van der Waals surface area contributed by atoms with Gasteiger partial charge in [-0.25, -0.2) is 0 Å². The smallest absolute Gasteiger partial charge is 0.119 e. The minimum absolute atomic E-state index is 0.224. The predicted octanol–water partition coefficient (Wildman–Crippen LogP) is 3.45. The van der Waals surface area contributed by atoms with Crippen LogP contribution in [-0.4, -0.2) is 6.61 Å². The summed E-state index contributed by atoms with van der Waals surface area (Å²) in [5.41, 5.74) is 8.79.